The topological polar surface area (TPSA) is 78.7 Å². The van der Waals surface area contributed by atoms with Gasteiger partial charge in [-0.25, -0.2) is 4.98 Å². The van der Waals surface area contributed by atoms with E-state index < -0.39 is 0 Å². The zero-order valence-corrected chi connectivity index (χ0v) is 15.2. The molecule has 0 unspecified atom stereocenters. The Balaban J connectivity index is 1.44. The van der Waals surface area contributed by atoms with E-state index in [1.54, 1.807) is 18.7 Å². The highest BCUT2D eigenvalue weighted by Crippen LogP contribution is 2.21. The minimum atomic E-state index is -0.165. The fourth-order valence-corrected chi connectivity index (χ4v) is 3.70. The SMILES string of the molecule is Cc1nc(C)c(C(=O)N2CC[C@H](C(=O)NCCN3CCCCC3)C2)o1. The van der Waals surface area contributed by atoms with Crippen LogP contribution in [0.4, 0.5) is 0 Å². The van der Waals surface area contributed by atoms with E-state index in [9.17, 15) is 9.59 Å². The molecule has 3 heterocycles. The van der Waals surface area contributed by atoms with Crippen LogP contribution < -0.4 is 5.32 Å². The zero-order valence-electron chi connectivity index (χ0n) is 15.2. The predicted octanol–water partition coefficient (Wildman–Crippen LogP) is 1.36. The monoisotopic (exact) mass is 348 g/mol. The fraction of sp³-hybridized carbons (Fsp3) is 0.722. The lowest BCUT2D eigenvalue weighted by atomic mass is 10.1. The van der Waals surface area contributed by atoms with Crippen LogP contribution in [0.2, 0.25) is 0 Å². The molecule has 0 saturated carbocycles. The Morgan fingerprint density at radius 1 is 1.20 bits per heavy atom. The number of aromatic nitrogens is 1. The van der Waals surface area contributed by atoms with Crippen LogP contribution in [0.3, 0.4) is 0 Å². The number of rotatable bonds is 5. The number of likely N-dealkylation sites (tertiary alicyclic amines) is 2. The summed E-state index contributed by atoms with van der Waals surface area (Å²) in [6, 6.07) is 0. The molecule has 25 heavy (non-hydrogen) atoms. The summed E-state index contributed by atoms with van der Waals surface area (Å²) < 4.78 is 5.41. The van der Waals surface area contributed by atoms with E-state index in [0.29, 0.717) is 43.4 Å². The summed E-state index contributed by atoms with van der Waals surface area (Å²) in [6.45, 7) is 8.41. The average molecular weight is 348 g/mol. The number of carbonyl (C=O) groups is 2. The summed E-state index contributed by atoms with van der Waals surface area (Å²) in [5.74, 6) is 0.546. The molecule has 2 aliphatic rings. The molecule has 7 heteroatoms. The molecule has 1 aromatic heterocycles. The summed E-state index contributed by atoms with van der Waals surface area (Å²) in [5, 5.41) is 3.03. The van der Waals surface area contributed by atoms with Crippen LogP contribution in [0.1, 0.15) is 47.8 Å². The van der Waals surface area contributed by atoms with E-state index in [4.69, 9.17) is 4.42 Å². The number of carbonyl (C=O) groups excluding carboxylic acids is 2. The smallest absolute Gasteiger partial charge is 0.291 e. The van der Waals surface area contributed by atoms with Gasteiger partial charge in [-0.05, 0) is 39.3 Å². The van der Waals surface area contributed by atoms with Crippen LogP contribution in [0.25, 0.3) is 0 Å². The van der Waals surface area contributed by atoms with E-state index in [0.717, 1.165) is 19.6 Å². The molecule has 3 rings (SSSR count). The highest BCUT2D eigenvalue weighted by Gasteiger charge is 2.33. The number of nitrogens with zero attached hydrogens (tertiary/aromatic N) is 3. The maximum atomic E-state index is 12.5. The lowest BCUT2D eigenvalue weighted by molar-refractivity contribution is -0.124. The third-order valence-electron chi connectivity index (χ3n) is 5.12. The number of amides is 2. The van der Waals surface area contributed by atoms with Crippen molar-refractivity contribution in [2.75, 3.05) is 39.3 Å². The van der Waals surface area contributed by atoms with E-state index >= 15 is 0 Å². The lowest BCUT2D eigenvalue weighted by Gasteiger charge is -2.26. The first-order chi connectivity index (χ1) is 12.0. The molecule has 0 bridgehead atoms. The van der Waals surface area contributed by atoms with Crippen molar-refractivity contribution in [3.05, 3.63) is 17.3 Å². The van der Waals surface area contributed by atoms with Crippen LogP contribution in [-0.2, 0) is 4.79 Å². The van der Waals surface area contributed by atoms with Crippen LogP contribution in [-0.4, -0.2) is 65.9 Å². The van der Waals surface area contributed by atoms with Gasteiger partial charge in [0.25, 0.3) is 5.91 Å². The molecule has 1 aromatic rings. The molecule has 0 radical (unpaired) electrons. The number of hydrogen-bond donors (Lipinski definition) is 1. The zero-order chi connectivity index (χ0) is 17.8. The van der Waals surface area contributed by atoms with Gasteiger partial charge in [0.1, 0.15) is 0 Å². The van der Waals surface area contributed by atoms with Gasteiger partial charge in [-0.1, -0.05) is 6.42 Å². The Bertz CT molecular complexity index is 622. The van der Waals surface area contributed by atoms with Gasteiger partial charge in [0.15, 0.2) is 5.89 Å². The average Bonchev–Trinajstić information content (AvgIpc) is 3.22. The summed E-state index contributed by atoms with van der Waals surface area (Å²) in [7, 11) is 0. The van der Waals surface area contributed by atoms with Crippen LogP contribution in [0.5, 0.6) is 0 Å². The van der Waals surface area contributed by atoms with Crippen LogP contribution in [0.15, 0.2) is 4.42 Å². The standard InChI is InChI=1S/C18H28N4O3/c1-13-16(25-14(2)20-13)18(24)22-10-6-15(12-22)17(23)19-7-11-21-8-4-3-5-9-21/h15H,3-12H2,1-2H3,(H,19,23)/t15-/m0/s1. The molecule has 0 aliphatic carbocycles. The lowest BCUT2D eigenvalue weighted by Crippen LogP contribution is -2.40. The van der Waals surface area contributed by atoms with Gasteiger partial charge >= 0.3 is 0 Å². The Hall–Kier alpha value is -1.89. The maximum absolute atomic E-state index is 12.5. The third-order valence-corrected chi connectivity index (χ3v) is 5.12. The summed E-state index contributed by atoms with van der Waals surface area (Å²) >= 11 is 0. The van der Waals surface area contributed by atoms with E-state index in [2.05, 4.69) is 15.2 Å². The molecule has 2 saturated heterocycles. The first-order valence-electron chi connectivity index (χ1n) is 9.28. The number of nitrogens with one attached hydrogen (secondary N) is 1. The largest absolute Gasteiger partial charge is 0.436 e. The number of piperidine rings is 1. The minimum Gasteiger partial charge on any atom is -0.436 e. The molecule has 0 spiro atoms. The quantitative estimate of drug-likeness (QED) is 0.869. The Kier molecular flexibility index (Phi) is 5.73. The molecule has 1 N–H and O–H groups in total. The molecule has 2 aliphatic heterocycles. The predicted molar refractivity (Wildman–Crippen MR) is 93.3 cm³/mol. The van der Waals surface area contributed by atoms with Crippen molar-refractivity contribution in [2.45, 2.75) is 39.5 Å². The third kappa shape index (κ3) is 4.39. The molecule has 7 nitrogen and oxygen atoms in total. The van der Waals surface area contributed by atoms with Crippen molar-refractivity contribution in [3.63, 3.8) is 0 Å². The molecule has 2 amide bonds. The first-order valence-corrected chi connectivity index (χ1v) is 9.28. The van der Waals surface area contributed by atoms with E-state index in [-0.39, 0.29) is 17.7 Å². The van der Waals surface area contributed by atoms with Crippen molar-refractivity contribution >= 4 is 11.8 Å². The summed E-state index contributed by atoms with van der Waals surface area (Å²) in [5.41, 5.74) is 0.608. The minimum absolute atomic E-state index is 0.0535. The summed E-state index contributed by atoms with van der Waals surface area (Å²) in [4.78, 5) is 33.1. The normalized spacial score (nSPS) is 21.5. The van der Waals surface area contributed by atoms with Crippen molar-refractivity contribution < 1.29 is 14.0 Å². The second-order valence-electron chi connectivity index (χ2n) is 7.08. The second-order valence-corrected chi connectivity index (χ2v) is 7.08. The number of hydrogen-bond acceptors (Lipinski definition) is 5. The first kappa shape index (κ1) is 17.9. The number of oxazole rings is 1. The summed E-state index contributed by atoms with van der Waals surface area (Å²) in [6.07, 6.45) is 4.54. The maximum Gasteiger partial charge on any atom is 0.291 e. The van der Waals surface area contributed by atoms with E-state index in [1.165, 1.54) is 19.3 Å². The van der Waals surface area contributed by atoms with Gasteiger partial charge in [-0.2, -0.15) is 0 Å². The van der Waals surface area contributed by atoms with Crippen molar-refractivity contribution in [2.24, 2.45) is 5.92 Å². The van der Waals surface area contributed by atoms with Crippen molar-refractivity contribution in [1.82, 2.24) is 20.1 Å². The van der Waals surface area contributed by atoms with E-state index in [1.807, 2.05) is 0 Å². The van der Waals surface area contributed by atoms with Gasteiger partial charge in [0.05, 0.1) is 11.6 Å². The molecule has 138 valence electrons. The van der Waals surface area contributed by atoms with Crippen LogP contribution in [0, 0.1) is 19.8 Å². The molecular formula is C18H28N4O3. The molecule has 0 aromatic carbocycles. The molecule has 2 fully saturated rings. The highest BCUT2D eigenvalue weighted by molar-refractivity contribution is 5.93. The van der Waals surface area contributed by atoms with Crippen molar-refractivity contribution in [3.8, 4) is 0 Å². The van der Waals surface area contributed by atoms with Gasteiger partial charge < -0.3 is 19.5 Å². The highest BCUT2D eigenvalue weighted by atomic mass is 16.4. The number of aryl methyl sites for hydroxylation is 2. The van der Waals surface area contributed by atoms with Gasteiger partial charge in [-0.15, -0.1) is 0 Å². The van der Waals surface area contributed by atoms with Gasteiger partial charge in [0, 0.05) is 33.1 Å². The Morgan fingerprint density at radius 2 is 1.96 bits per heavy atom. The second kappa shape index (κ2) is 7.99. The Labute approximate surface area is 148 Å². The fourth-order valence-electron chi connectivity index (χ4n) is 3.70. The van der Waals surface area contributed by atoms with Crippen LogP contribution >= 0.6 is 0 Å². The van der Waals surface area contributed by atoms with Gasteiger partial charge in [-0.3, -0.25) is 9.59 Å². The van der Waals surface area contributed by atoms with Gasteiger partial charge in [0.2, 0.25) is 11.7 Å². The molecular weight excluding hydrogens is 320 g/mol. The van der Waals surface area contributed by atoms with Crippen molar-refractivity contribution in [1.29, 1.82) is 0 Å². The molecule has 1 atom stereocenters. The Morgan fingerprint density at radius 3 is 2.64 bits per heavy atom.